The van der Waals surface area contributed by atoms with E-state index >= 15 is 0 Å². The molecular formula is C16H24N2OS. The van der Waals surface area contributed by atoms with Crippen molar-refractivity contribution < 1.29 is 4.42 Å². The molecule has 0 radical (unpaired) electrons. The van der Waals surface area contributed by atoms with E-state index in [1.54, 1.807) is 0 Å². The van der Waals surface area contributed by atoms with Crippen LogP contribution in [0.3, 0.4) is 0 Å². The zero-order valence-electron chi connectivity index (χ0n) is 12.7. The average Bonchev–Trinajstić information content (AvgIpc) is 3.01. The number of rotatable bonds is 6. The molecule has 4 heteroatoms. The smallest absolute Gasteiger partial charge is 0.122 e. The second-order valence-electron chi connectivity index (χ2n) is 5.55. The summed E-state index contributed by atoms with van der Waals surface area (Å²) in [5, 5.41) is 2.13. The first kappa shape index (κ1) is 15.3. The Hall–Kier alpha value is -1.10. The first-order valence-corrected chi connectivity index (χ1v) is 7.93. The molecule has 0 aliphatic carbocycles. The quantitative estimate of drug-likeness (QED) is 0.884. The fourth-order valence-corrected chi connectivity index (χ4v) is 3.41. The molecule has 0 aromatic carbocycles. The minimum absolute atomic E-state index is 0.0244. The van der Waals surface area contributed by atoms with Gasteiger partial charge in [-0.05, 0) is 57.8 Å². The summed E-state index contributed by atoms with van der Waals surface area (Å²) in [5.74, 6) is 1.89. The minimum atomic E-state index is 0.0244. The average molecular weight is 292 g/mol. The zero-order valence-corrected chi connectivity index (χ0v) is 13.5. The van der Waals surface area contributed by atoms with E-state index in [2.05, 4.69) is 36.4 Å². The molecule has 0 saturated heterocycles. The summed E-state index contributed by atoms with van der Waals surface area (Å²) < 4.78 is 5.79. The van der Waals surface area contributed by atoms with Crippen LogP contribution in [0, 0.1) is 6.92 Å². The van der Waals surface area contributed by atoms with E-state index in [9.17, 15) is 0 Å². The molecule has 20 heavy (non-hydrogen) atoms. The Morgan fingerprint density at radius 2 is 2.05 bits per heavy atom. The maximum atomic E-state index is 6.19. The monoisotopic (exact) mass is 292 g/mol. The molecule has 0 bridgehead atoms. The Balaban J connectivity index is 2.12. The summed E-state index contributed by atoms with van der Waals surface area (Å²) in [7, 11) is 2.13. The van der Waals surface area contributed by atoms with Gasteiger partial charge in [-0.2, -0.15) is 0 Å². The van der Waals surface area contributed by atoms with E-state index in [0.29, 0.717) is 6.04 Å². The van der Waals surface area contributed by atoms with Crippen LogP contribution in [0.25, 0.3) is 0 Å². The lowest BCUT2D eigenvalue weighted by Gasteiger charge is -2.34. The number of likely N-dealkylation sites (N-methyl/N-ethyl adjacent to an activating group) is 1. The Kier molecular flexibility index (Phi) is 5.02. The van der Waals surface area contributed by atoms with Gasteiger partial charge in [0, 0.05) is 17.0 Å². The van der Waals surface area contributed by atoms with Gasteiger partial charge in [0.15, 0.2) is 0 Å². The van der Waals surface area contributed by atoms with Crippen LogP contribution in [0.2, 0.25) is 0 Å². The fraction of sp³-hybridized carbons (Fsp3) is 0.500. The molecule has 0 aliphatic rings. The maximum Gasteiger partial charge on any atom is 0.122 e. The van der Waals surface area contributed by atoms with Gasteiger partial charge in [-0.15, -0.1) is 11.3 Å². The summed E-state index contributed by atoms with van der Waals surface area (Å²) in [5.41, 5.74) is 6.19. The number of aryl methyl sites for hydroxylation is 1. The molecule has 2 rings (SSSR count). The Bertz CT molecular complexity index is 518. The zero-order chi connectivity index (χ0) is 14.7. The molecule has 2 N–H and O–H groups in total. The first-order valence-electron chi connectivity index (χ1n) is 7.05. The number of nitrogens with two attached hydrogens (primary N) is 1. The predicted octanol–water partition coefficient (Wildman–Crippen LogP) is 3.60. The van der Waals surface area contributed by atoms with Crippen LogP contribution in [0.1, 0.15) is 36.3 Å². The van der Waals surface area contributed by atoms with Crippen molar-refractivity contribution in [3.63, 3.8) is 0 Å². The molecule has 0 saturated carbocycles. The lowest BCUT2D eigenvalue weighted by molar-refractivity contribution is 0.143. The molecule has 0 amide bonds. The second-order valence-corrected chi connectivity index (χ2v) is 6.58. The highest BCUT2D eigenvalue weighted by Gasteiger charge is 2.27. The topological polar surface area (TPSA) is 42.4 Å². The molecule has 2 aromatic rings. The first-order chi connectivity index (χ1) is 9.49. The van der Waals surface area contributed by atoms with Crippen molar-refractivity contribution in [3.8, 4) is 0 Å². The van der Waals surface area contributed by atoms with Crippen LogP contribution in [-0.2, 0) is 6.42 Å². The highest BCUT2D eigenvalue weighted by atomic mass is 32.1. The van der Waals surface area contributed by atoms with E-state index in [-0.39, 0.29) is 12.1 Å². The largest absolute Gasteiger partial charge is 0.465 e. The van der Waals surface area contributed by atoms with Gasteiger partial charge in [-0.25, -0.2) is 0 Å². The van der Waals surface area contributed by atoms with Gasteiger partial charge in [0.25, 0.3) is 0 Å². The van der Waals surface area contributed by atoms with Crippen molar-refractivity contribution in [1.29, 1.82) is 0 Å². The number of hydrogen-bond donors (Lipinski definition) is 1. The standard InChI is InChI=1S/C16H24N2OS/c1-11(10-14-6-5-9-20-14)18(4)16(13(3)17)15-8-7-12(2)19-15/h5-9,11,13,16H,10,17H2,1-4H3. The summed E-state index contributed by atoms with van der Waals surface area (Å²) in [4.78, 5) is 3.73. The van der Waals surface area contributed by atoms with Gasteiger partial charge in [-0.1, -0.05) is 6.07 Å². The third-order valence-corrected chi connectivity index (χ3v) is 4.66. The van der Waals surface area contributed by atoms with Crippen molar-refractivity contribution in [2.75, 3.05) is 7.05 Å². The fourth-order valence-electron chi connectivity index (χ4n) is 2.58. The van der Waals surface area contributed by atoms with E-state index in [4.69, 9.17) is 10.2 Å². The number of furan rings is 1. The maximum absolute atomic E-state index is 6.19. The van der Waals surface area contributed by atoms with Crippen LogP contribution < -0.4 is 5.73 Å². The molecule has 0 spiro atoms. The predicted molar refractivity (Wildman–Crippen MR) is 85.1 cm³/mol. The van der Waals surface area contributed by atoms with Crippen LogP contribution in [0.5, 0.6) is 0 Å². The number of hydrogen-bond acceptors (Lipinski definition) is 4. The van der Waals surface area contributed by atoms with Crippen molar-refractivity contribution >= 4 is 11.3 Å². The number of thiophene rings is 1. The number of nitrogens with zero attached hydrogens (tertiary/aromatic N) is 1. The van der Waals surface area contributed by atoms with Gasteiger partial charge in [0.2, 0.25) is 0 Å². The van der Waals surface area contributed by atoms with Crippen LogP contribution >= 0.6 is 11.3 Å². The normalized spacial score (nSPS) is 16.3. The Morgan fingerprint density at radius 1 is 1.30 bits per heavy atom. The van der Waals surface area contributed by atoms with Crippen molar-refractivity contribution in [2.24, 2.45) is 5.73 Å². The summed E-state index contributed by atoms with van der Waals surface area (Å²) >= 11 is 1.81. The van der Waals surface area contributed by atoms with Gasteiger partial charge in [0.05, 0.1) is 6.04 Å². The molecule has 2 heterocycles. The highest BCUT2D eigenvalue weighted by Crippen LogP contribution is 2.27. The van der Waals surface area contributed by atoms with Gasteiger partial charge in [-0.3, -0.25) is 4.90 Å². The second kappa shape index (κ2) is 6.57. The van der Waals surface area contributed by atoms with E-state index in [0.717, 1.165) is 17.9 Å². The van der Waals surface area contributed by atoms with Crippen molar-refractivity contribution in [3.05, 3.63) is 46.0 Å². The van der Waals surface area contributed by atoms with Crippen molar-refractivity contribution in [1.82, 2.24) is 4.90 Å². The summed E-state index contributed by atoms with van der Waals surface area (Å²) in [6, 6.07) is 8.88. The third kappa shape index (κ3) is 3.51. The molecule has 0 aliphatic heterocycles. The highest BCUT2D eigenvalue weighted by molar-refractivity contribution is 7.09. The van der Waals surface area contributed by atoms with E-state index in [1.807, 2.05) is 37.3 Å². The third-order valence-electron chi connectivity index (χ3n) is 3.76. The van der Waals surface area contributed by atoms with Gasteiger partial charge >= 0.3 is 0 Å². The summed E-state index contributed by atoms with van der Waals surface area (Å²) in [6.45, 7) is 6.25. The van der Waals surface area contributed by atoms with Crippen molar-refractivity contribution in [2.45, 2.75) is 45.3 Å². The minimum Gasteiger partial charge on any atom is -0.465 e. The van der Waals surface area contributed by atoms with E-state index < -0.39 is 0 Å². The molecule has 3 atom stereocenters. The van der Waals surface area contributed by atoms with Crippen LogP contribution in [-0.4, -0.2) is 24.0 Å². The van der Waals surface area contributed by atoms with Gasteiger partial charge < -0.3 is 10.2 Å². The van der Waals surface area contributed by atoms with Gasteiger partial charge in [0.1, 0.15) is 11.5 Å². The molecule has 3 unspecified atom stereocenters. The molecule has 110 valence electrons. The molecule has 0 fully saturated rings. The lowest BCUT2D eigenvalue weighted by Crippen LogP contribution is -2.42. The Labute approximate surface area is 125 Å². The Morgan fingerprint density at radius 3 is 2.55 bits per heavy atom. The van der Waals surface area contributed by atoms with Crippen LogP contribution in [0.15, 0.2) is 34.1 Å². The lowest BCUT2D eigenvalue weighted by atomic mass is 10.0. The molecular weight excluding hydrogens is 268 g/mol. The van der Waals surface area contributed by atoms with Crippen LogP contribution in [0.4, 0.5) is 0 Å². The van der Waals surface area contributed by atoms with E-state index in [1.165, 1.54) is 4.88 Å². The summed E-state index contributed by atoms with van der Waals surface area (Å²) in [6.07, 6.45) is 1.04. The molecule has 3 nitrogen and oxygen atoms in total. The SMILES string of the molecule is Cc1ccc(C(C(C)N)N(C)C(C)Cc2cccs2)o1. The molecule has 2 aromatic heterocycles.